The van der Waals surface area contributed by atoms with Gasteiger partial charge in [0, 0.05) is 5.57 Å². The van der Waals surface area contributed by atoms with E-state index in [-0.39, 0.29) is 5.97 Å². The molecule has 0 bridgehead atoms. The predicted molar refractivity (Wildman–Crippen MR) is 78.9 cm³/mol. The average Bonchev–Trinajstić information content (AvgIpc) is 2.40. The molecule has 0 aliphatic heterocycles. The van der Waals surface area contributed by atoms with E-state index in [1.165, 1.54) is 5.56 Å². The van der Waals surface area contributed by atoms with Crippen molar-refractivity contribution in [2.45, 2.75) is 39.5 Å². The van der Waals surface area contributed by atoms with Crippen molar-refractivity contribution in [2.24, 2.45) is 5.92 Å². The molecule has 0 aliphatic carbocycles. The van der Waals surface area contributed by atoms with Crippen molar-refractivity contribution in [3.8, 4) is 0 Å². The first-order valence-corrected chi connectivity index (χ1v) is 7.02. The molecule has 0 aliphatic rings. The predicted octanol–water partition coefficient (Wildman–Crippen LogP) is 4.15. The van der Waals surface area contributed by atoms with Crippen molar-refractivity contribution in [1.29, 1.82) is 0 Å². The first kappa shape index (κ1) is 15.5. The van der Waals surface area contributed by atoms with Crippen LogP contribution in [0.3, 0.4) is 0 Å². The summed E-state index contributed by atoms with van der Waals surface area (Å²) in [6.07, 6.45) is 3.92. The van der Waals surface area contributed by atoms with E-state index in [1.807, 2.05) is 13.0 Å². The van der Waals surface area contributed by atoms with E-state index in [4.69, 9.17) is 4.74 Å². The Hall–Kier alpha value is -1.57. The van der Waals surface area contributed by atoms with E-state index >= 15 is 0 Å². The highest BCUT2D eigenvalue weighted by Gasteiger charge is 2.09. The summed E-state index contributed by atoms with van der Waals surface area (Å²) >= 11 is 0. The molecule has 2 heteroatoms. The third-order valence-corrected chi connectivity index (χ3v) is 3.17. The molecule has 1 unspecified atom stereocenters. The summed E-state index contributed by atoms with van der Waals surface area (Å²) in [6, 6.07) is 10.5. The highest BCUT2D eigenvalue weighted by molar-refractivity contribution is 5.87. The van der Waals surface area contributed by atoms with Crippen molar-refractivity contribution in [1.82, 2.24) is 0 Å². The first-order chi connectivity index (χ1) is 9.13. The van der Waals surface area contributed by atoms with Crippen LogP contribution in [0.4, 0.5) is 0 Å². The molecule has 0 saturated heterocycles. The van der Waals surface area contributed by atoms with Gasteiger partial charge in [0.25, 0.3) is 0 Å². The van der Waals surface area contributed by atoms with Gasteiger partial charge in [0.2, 0.25) is 0 Å². The summed E-state index contributed by atoms with van der Waals surface area (Å²) in [5.74, 6) is 0.371. The van der Waals surface area contributed by atoms with Gasteiger partial charge in [-0.3, -0.25) is 0 Å². The maximum Gasteiger partial charge on any atom is 0.333 e. The third-order valence-electron chi connectivity index (χ3n) is 3.17. The zero-order valence-electron chi connectivity index (χ0n) is 12.0. The Balaban J connectivity index is 2.22. The fourth-order valence-corrected chi connectivity index (χ4v) is 2.12. The Bertz CT molecular complexity index is 395. The number of esters is 1. The molecular weight excluding hydrogens is 236 g/mol. The molecule has 0 saturated carbocycles. The summed E-state index contributed by atoms with van der Waals surface area (Å²) in [6.45, 7) is 8.26. The minimum absolute atomic E-state index is 0.252. The van der Waals surface area contributed by atoms with E-state index in [0.29, 0.717) is 18.1 Å². The van der Waals surface area contributed by atoms with Gasteiger partial charge in [0.15, 0.2) is 0 Å². The molecule has 19 heavy (non-hydrogen) atoms. The van der Waals surface area contributed by atoms with Crippen molar-refractivity contribution < 1.29 is 9.53 Å². The highest BCUT2D eigenvalue weighted by Crippen LogP contribution is 2.16. The van der Waals surface area contributed by atoms with Crippen LogP contribution in [0.2, 0.25) is 0 Å². The smallest absolute Gasteiger partial charge is 0.333 e. The summed E-state index contributed by atoms with van der Waals surface area (Å²) < 4.78 is 4.92. The second kappa shape index (κ2) is 8.52. The van der Waals surface area contributed by atoms with Crippen molar-refractivity contribution in [3.63, 3.8) is 0 Å². The zero-order chi connectivity index (χ0) is 14.1. The number of hydrogen-bond acceptors (Lipinski definition) is 2. The number of ether oxygens (including phenoxy) is 1. The number of carbonyl (C=O) groups excluding carboxylic acids is 1. The lowest BCUT2D eigenvalue weighted by Crippen LogP contribution is -2.07. The van der Waals surface area contributed by atoms with Crippen LogP contribution in [0, 0.1) is 5.92 Å². The van der Waals surface area contributed by atoms with Gasteiger partial charge >= 0.3 is 5.97 Å². The summed E-state index contributed by atoms with van der Waals surface area (Å²) in [5.41, 5.74) is 1.97. The van der Waals surface area contributed by atoms with Gasteiger partial charge in [-0.2, -0.15) is 0 Å². The van der Waals surface area contributed by atoms with Gasteiger partial charge in [-0.25, -0.2) is 4.79 Å². The Morgan fingerprint density at radius 2 is 2.00 bits per heavy atom. The van der Waals surface area contributed by atoms with E-state index < -0.39 is 0 Å². The summed E-state index contributed by atoms with van der Waals surface area (Å²) in [7, 11) is 0. The van der Waals surface area contributed by atoms with E-state index in [0.717, 1.165) is 25.7 Å². The fraction of sp³-hybridized carbons (Fsp3) is 0.471. The molecule has 1 atom stereocenters. The van der Waals surface area contributed by atoms with Crippen LogP contribution in [0.25, 0.3) is 0 Å². The maximum atomic E-state index is 11.4. The molecule has 1 aromatic carbocycles. The van der Waals surface area contributed by atoms with Gasteiger partial charge in [0.05, 0.1) is 6.61 Å². The van der Waals surface area contributed by atoms with Crippen LogP contribution in [0.15, 0.2) is 42.5 Å². The lowest BCUT2D eigenvalue weighted by molar-refractivity contribution is -0.138. The van der Waals surface area contributed by atoms with E-state index in [9.17, 15) is 4.79 Å². The van der Waals surface area contributed by atoms with Crippen molar-refractivity contribution >= 4 is 5.97 Å². The van der Waals surface area contributed by atoms with Crippen molar-refractivity contribution in [2.75, 3.05) is 6.61 Å². The first-order valence-electron chi connectivity index (χ1n) is 7.02. The topological polar surface area (TPSA) is 26.3 Å². The number of carbonyl (C=O) groups is 1. The number of hydrogen-bond donors (Lipinski definition) is 0. The zero-order valence-corrected chi connectivity index (χ0v) is 12.0. The van der Waals surface area contributed by atoms with Gasteiger partial charge < -0.3 is 4.74 Å². The molecular formula is C17H24O2. The van der Waals surface area contributed by atoms with E-state index in [2.05, 4.69) is 37.8 Å². The van der Waals surface area contributed by atoms with Crippen LogP contribution in [0.5, 0.6) is 0 Å². The second-order valence-electron chi connectivity index (χ2n) is 5.01. The van der Waals surface area contributed by atoms with Crippen LogP contribution < -0.4 is 0 Å². The SMILES string of the molecule is C=C(CCCC(C)Cc1ccccc1)C(=O)OCC. The largest absolute Gasteiger partial charge is 0.463 e. The molecule has 0 radical (unpaired) electrons. The number of rotatable bonds is 8. The third kappa shape index (κ3) is 6.23. The normalized spacial score (nSPS) is 11.9. The molecule has 0 N–H and O–H groups in total. The lowest BCUT2D eigenvalue weighted by Gasteiger charge is -2.11. The van der Waals surface area contributed by atoms with Crippen molar-refractivity contribution in [3.05, 3.63) is 48.0 Å². The van der Waals surface area contributed by atoms with Crippen LogP contribution in [0.1, 0.15) is 38.7 Å². The maximum absolute atomic E-state index is 11.4. The van der Waals surface area contributed by atoms with Gasteiger partial charge in [-0.15, -0.1) is 0 Å². The molecule has 0 spiro atoms. The standard InChI is InChI=1S/C17H24O2/c1-4-19-17(18)15(3)10-8-9-14(2)13-16-11-6-5-7-12-16/h5-7,11-12,14H,3-4,8-10,13H2,1-2H3. The minimum atomic E-state index is -0.252. The van der Waals surface area contributed by atoms with Crippen LogP contribution in [-0.2, 0) is 16.0 Å². The highest BCUT2D eigenvalue weighted by atomic mass is 16.5. The lowest BCUT2D eigenvalue weighted by atomic mass is 9.95. The van der Waals surface area contributed by atoms with E-state index in [1.54, 1.807) is 0 Å². The minimum Gasteiger partial charge on any atom is -0.463 e. The van der Waals surface area contributed by atoms with Gasteiger partial charge in [-0.05, 0) is 37.7 Å². The van der Waals surface area contributed by atoms with Crippen LogP contribution >= 0.6 is 0 Å². The Morgan fingerprint density at radius 1 is 1.32 bits per heavy atom. The molecule has 104 valence electrons. The summed E-state index contributed by atoms with van der Waals surface area (Å²) in [4.78, 5) is 11.4. The molecule has 0 aromatic heterocycles. The molecule has 0 amide bonds. The van der Waals surface area contributed by atoms with Gasteiger partial charge in [-0.1, -0.05) is 50.3 Å². The second-order valence-corrected chi connectivity index (χ2v) is 5.01. The Labute approximate surface area is 116 Å². The summed E-state index contributed by atoms with van der Waals surface area (Å²) in [5, 5.41) is 0. The Kier molecular flexibility index (Phi) is 6.94. The molecule has 0 heterocycles. The fourth-order valence-electron chi connectivity index (χ4n) is 2.12. The monoisotopic (exact) mass is 260 g/mol. The Morgan fingerprint density at radius 3 is 2.63 bits per heavy atom. The molecule has 1 rings (SSSR count). The number of benzene rings is 1. The van der Waals surface area contributed by atoms with Crippen LogP contribution in [-0.4, -0.2) is 12.6 Å². The molecule has 2 nitrogen and oxygen atoms in total. The quantitative estimate of drug-likeness (QED) is 0.518. The average molecular weight is 260 g/mol. The molecule has 1 aromatic rings. The van der Waals surface area contributed by atoms with Gasteiger partial charge in [0.1, 0.15) is 0 Å². The molecule has 0 fully saturated rings.